The maximum absolute atomic E-state index is 13.4. The molecule has 0 aromatic heterocycles. The molecule has 0 aliphatic carbocycles. The fourth-order valence-electron chi connectivity index (χ4n) is 12.0. The Morgan fingerprint density at radius 1 is 0.429 bits per heavy atom. The lowest BCUT2D eigenvalue weighted by atomic mass is 9.97. The monoisotopic (exact) mass is 1200 g/mol. The summed E-state index contributed by atoms with van der Waals surface area (Å²) in [5, 5.41) is 87.6. The van der Waals surface area contributed by atoms with E-state index in [9.17, 15) is 45.6 Å². The molecule has 12 unspecified atom stereocenters. The molecule has 0 aromatic rings. The summed E-state index contributed by atoms with van der Waals surface area (Å²) in [5.74, 6) is -0.202. The summed E-state index contributed by atoms with van der Waals surface area (Å²) in [5.41, 5.74) is 0. The molecule has 2 saturated heterocycles. The SMILES string of the molecule is CCCCCCC/C=C\C/C=C\CCCCCCCCCCCCCCCC(=O)NC(COC1OC(CO)C(OC2OC(CO)C(O)C(O)C2O)C(O)C1O)C(O)CCCCCCCCCCCCCCCCCCCCCCCCCCC. The van der Waals surface area contributed by atoms with Crippen LogP contribution >= 0.6 is 0 Å². The number of allylic oxidation sites excluding steroid dienone is 4. The Morgan fingerprint density at radius 3 is 1.19 bits per heavy atom. The number of amides is 1. The zero-order chi connectivity index (χ0) is 60.9. The van der Waals surface area contributed by atoms with Gasteiger partial charge in [0.2, 0.25) is 5.91 Å². The standard InChI is InChI=1S/C70H133NO13/c1-3-5-7-9-11-13-15-17-19-21-23-25-27-29-31-33-35-37-39-41-43-45-47-49-51-53-59(74)58(57-81-69-67(80)65(78)68(61(56-73)83-69)84-70-66(79)64(77)63(76)60(55-72)82-70)71-62(75)54-52-50-48-46-44-42-40-38-36-34-32-30-28-26-24-22-20-18-16-14-12-10-8-6-4-2/h16,18,22,24,58-61,63-70,72-74,76-80H,3-15,17,19-21,23,25-57H2,1-2H3,(H,71,75)/b18-16-,24-22-. The molecule has 0 bridgehead atoms. The molecule has 2 aliphatic heterocycles. The van der Waals surface area contributed by atoms with Crippen LogP contribution in [0, 0.1) is 0 Å². The van der Waals surface area contributed by atoms with E-state index in [4.69, 9.17) is 18.9 Å². The van der Waals surface area contributed by atoms with Gasteiger partial charge in [0.05, 0.1) is 32.0 Å². The maximum atomic E-state index is 13.4. The lowest BCUT2D eigenvalue weighted by Crippen LogP contribution is -2.65. The Hall–Kier alpha value is -1.53. The molecule has 9 N–H and O–H groups in total. The van der Waals surface area contributed by atoms with Crippen molar-refractivity contribution in [2.75, 3.05) is 19.8 Å². The van der Waals surface area contributed by atoms with Crippen LogP contribution in [0.2, 0.25) is 0 Å². The smallest absolute Gasteiger partial charge is 0.220 e. The minimum atomic E-state index is -1.78. The van der Waals surface area contributed by atoms with Gasteiger partial charge in [0.1, 0.15) is 48.8 Å². The minimum Gasteiger partial charge on any atom is -0.394 e. The predicted molar refractivity (Wildman–Crippen MR) is 342 cm³/mol. The third-order valence-corrected chi connectivity index (χ3v) is 17.7. The van der Waals surface area contributed by atoms with Gasteiger partial charge in [-0.1, -0.05) is 295 Å². The van der Waals surface area contributed by atoms with Gasteiger partial charge in [-0.3, -0.25) is 4.79 Å². The number of aliphatic hydroxyl groups is 8. The summed E-state index contributed by atoms with van der Waals surface area (Å²) in [4.78, 5) is 13.4. The van der Waals surface area contributed by atoms with Crippen molar-refractivity contribution >= 4 is 5.91 Å². The average molecular weight is 1200 g/mol. The van der Waals surface area contributed by atoms with E-state index in [0.717, 1.165) is 57.8 Å². The van der Waals surface area contributed by atoms with E-state index in [1.165, 1.54) is 238 Å². The van der Waals surface area contributed by atoms with Gasteiger partial charge in [0.15, 0.2) is 12.6 Å². The predicted octanol–water partition coefficient (Wildman–Crippen LogP) is 14.3. The van der Waals surface area contributed by atoms with Crippen molar-refractivity contribution in [3.8, 4) is 0 Å². The van der Waals surface area contributed by atoms with Crippen LogP contribution < -0.4 is 5.32 Å². The molecule has 496 valence electrons. The van der Waals surface area contributed by atoms with E-state index in [2.05, 4.69) is 43.5 Å². The van der Waals surface area contributed by atoms with Crippen LogP contribution in [0.15, 0.2) is 24.3 Å². The quantitative estimate of drug-likeness (QED) is 0.0204. The summed E-state index contributed by atoms with van der Waals surface area (Å²) < 4.78 is 22.9. The normalized spacial score (nSPS) is 23.7. The second-order valence-electron chi connectivity index (χ2n) is 25.4. The van der Waals surface area contributed by atoms with Crippen LogP contribution in [0.4, 0.5) is 0 Å². The molecule has 0 aromatic carbocycles. The second-order valence-corrected chi connectivity index (χ2v) is 25.4. The molecule has 0 radical (unpaired) electrons. The van der Waals surface area contributed by atoms with E-state index in [1.54, 1.807) is 0 Å². The second kappa shape index (κ2) is 55.5. The number of carbonyl (C=O) groups excluding carboxylic acids is 1. The van der Waals surface area contributed by atoms with E-state index in [-0.39, 0.29) is 12.5 Å². The first-order valence-electron chi connectivity index (χ1n) is 35.6. The summed E-state index contributed by atoms with van der Waals surface area (Å²) in [6, 6.07) is -0.829. The molecule has 14 nitrogen and oxygen atoms in total. The molecule has 0 spiro atoms. The van der Waals surface area contributed by atoms with Crippen LogP contribution in [-0.4, -0.2) is 140 Å². The largest absolute Gasteiger partial charge is 0.394 e. The number of aliphatic hydroxyl groups excluding tert-OH is 8. The summed E-state index contributed by atoms with van der Waals surface area (Å²) in [6.07, 6.45) is 51.9. The third-order valence-electron chi connectivity index (χ3n) is 17.7. The van der Waals surface area contributed by atoms with Gasteiger partial charge in [-0.15, -0.1) is 0 Å². The van der Waals surface area contributed by atoms with Gasteiger partial charge in [-0.2, -0.15) is 0 Å². The van der Waals surface area contributed by atoms with E-state index < -0.39 is 86.8 Å². The molecule has 2 rings (SSSR count). The van der Waals surface area contributed by atoms with Crippen molar-refractivity contribution in [3.05, 3.63) is 24.3 Å². The number of unbranched alkanes of at least 4 members (excludes halogenated alkanes) is 42. The number of rotatable bonds is 59. The lowest BCUT2D eigenvalue weighted by molar-refractivity contribution is -0.359. The Balaban J connectivity index is 1.67. The van der Waals surface area contributed by atoms with Crippen LogP contribution in [0.1, 0.15) is 322 Å². The summed E-state index contributed by atoms with van der Waals surface area (Å²) >= 11 is 0. The number of hydrogen-bond donors (Lipinski definition) is 9. The Morgan fingerprint density at radius 2 is 0.786 bits per heavy atom. The molecule has 2 heterocycles. The molecule has 2 aliphatic rings. The van der Waals surface area contributed by atoms with Crippen LogP contribution in [0.25, 0.3) is 0 Å². The highest BCUT2D eigenvalue weighted by molar-refractivity contribution is 5.76. The van der Waals surface area contributed by atoms with Crippen LogP contribution in [0.5, 0.6) is 0 Å². The van der Waals surface area contributed by atoms with Gasteiger partial charge in [-0.25, -0.2) is 0 Å². The Labute approximate surface area is 513 Å². The highest BCUT2D eigenvalue weighted by atomic mass is 16.7. The number of hydrogen-bond acceptors (Lipinski definition) is 13. The zero-order valence-corrected chi connectivity index (χ0v) is 53.9. The van der Waals surface area contributed by atoms with Crippen molar-refractivity contribution < 1.29 is 64.6 Å². The van der Waals surface area contributed by atoms with Gasteiger partial charge in [-0.05, 0) is 44.9 Å². The summed E-state index contributed by atoms with van der Waals surface area (Å²) in [7, 11) is 0. The van der Waals surface area contributed by atoms with Gasteiger partial charge >= 0.3 is 0 Å². The Kier molecular flexibility index (Phi) is 51.9. The first kappa shape index (κ1) is 78.6. The van der Waals surface area contributed by atoms with Gasteiger partial charge < -0.3 is 65.1 Å². The molecule has 2 fully saturated rings. The summed E-state index contributed by atoms with van der Waals surface area (Å²) in [6.45, 7) is 2.90. The zero-order valence-electron chi connectivity index (χ0n) is 53.9. The van der Waals surface area contributed by atoms with Crippen molar-refractivity contribution in [1.82, 2.24) is 5.32 Å². The van der Waals surface area contributed by atoms with Crippen LogP contribution in [-0.2, 0) is 23.7 Å². The first-order valence-corrected chi connectivity index (χ1v) is 35.6. The molecular weight excluding hydrogens is 1060 g/mol. The number of ether oxygens (including phenoxy) is 4. The molecular formula is C70H133NO13. The van der Waals surface area contributed by atoms with Gasteiger partial charge in [0.25, 0.3) is 0 Å². The van der Waals surface area contributed by atoms with E-state index in [0.29, 0.717) is 12.8 Å². The molecule has 84 heavy (non-hydrogen) atoms. The molecule has 1 amide bonds. The van der Waals surface area contributed by atoms with E-state index in [1.807, 2.05) is 0 Å². The third kappa shape index (κ3) is 39.5. The Bertz CT molecular complexity index is 1500. The van der Waals surface area contributed by atoms with Gasteiger partial charge in [0, 0.05) is 6.42 Å². The first-order chi connectivity index (χ1) is 41.1. The van der Waals surface area contributed by atoms with Crippen LogP contribution in [0.3, 0.4) is 0 Å². The van der Waals surface area contributed by atoms with Crippen molar-refractivity contribution in [2.45, 2.75) is 396 Å². The lowest BCUT2D eigenvalue weighted by Gasteiger charge is -2.46. The molecule has 12 atom stereocenters. The highest BCUT2D eigenvalue weighted by Crippen LogP contribution is 2.30. The number of carbonyl (C=O) groups is 1. The van der Waals surface area contributed by atoms with Crippen molar-refractivity contribution in [2.24, 2.45) is 0 Å². The van der Waals surface area contributed by atoms with Crippen molar-refractivity contribution in [3.63, 3.8) is 0 Å². The highest BCUT2D eigenvalue weighted by Gasteiger charge is 2.51. The number of nitrogens with one attached hydrogen (secondary N) is 1. The maximum Gasteiger partial charge on any atom is 0.220 e. The van der Waals surface area contributed by atoms with E-state index >= 15 is 0 Å². The molecule has 14 heteroatoms. The average Bonchev–Trinajstić information content (AvgIpc) is 3.18. The fourth-order valence-corrected chi connectivity index (χ4v) is 12.0. The molecule has 0 saturated carbocycles. The minimum absolute atomic E-state index is 0.202. The fraction of sp³-hybridized carbons (Fsp3) is 0.929. The topological polar surface area (TPSA) is 228 Å². The van der Waals surface area contributed by atoms with Crippen molar-refractivity contribution in [1.29, 1.82) is 0 Å².